The van der Waals surface area contributed by atoms with Crippen LogP contribution in [0.15, 0.2) is 48.5 Å². The van der Waals surface area contributed by atoms with Crippen LogP contribution < -0.4 is 10.1 Å². The number of halogens is 1. The van der Waals surface area contributed by atoms with E-state index < -0.39 is 8.32 Å². The summed E-state index contributed by atoms with van der Waals surface area (Å²) in [6, 6.07) is 16.2. The normalized spacial score (nSPS) is 14.3. The average Bonchev–Trinajstić information content (AvgIpc) is 2.66. The molecular weight excluding hydrogens is 398 g/mol. The molecular formula is C24H36ClNO2Si. The van der Waals surface area contributed by atoms with Gasteiger partial charge in [0.25, 0.3) is 0 Å². The monoisotopic (exact) mass is 433 g/mol. The second kappa shape index (κ2) is 10.0. The number of hydrogen-bond donors (Lipinski definition) is 1. The highest BCUT2D eigenvalue weighted by Crippen LogP contribution is 2.40. The topological polar surface area (TPSA) is 30.5 Å². The minimum Gasteiger partial charge on any atom is -0.497 e. The third kappa shape index (κ3) is 6.50. The van der Waals surface area contributed by atoms with Crippen molar-refractivity contribution in [1.29, 1.82) is 0 Å². The van der Waals surface area contributed by atoms with Gasteiger partial charge in [-0.1, -0.05) is 57.8 Å². The molecule has 2 atom stereocenters. The first-order valence-corrected chi connectivity index (χ1v) is 13.7. The van der Waals surface area contributed by atoms with Crippen molar-refractivity contribution in [1.82, 2.24) is 0 Å². The van der Waals surface area contributed by atoms with Gasteiger partial charge in [-0.05, 0) is 66.5 Å². The molecule has 0 aliphatic heterocycles. The summed E-state index contributed by atoms with van der Waals surface area (Å²) in [5, 5.41) is 4.62. The van der Waals surface area contributed by atoms with Crippen molar-refractivity contribution in [2.45, 2.75) is 70.8 Å². The maximum atomic E-state index is 6.93. The van der Waals surface area contributed by atoms with Gasteiger partial charge in [0.2, 0.25) is 0 Å². The largest absolute Gasteiger partial charge is 0.497 e. The smallest absolute Gasteiger partial charge is 0.192 e. The Bertz CT molecular complexity index is 754. The molecule has 0 aliphatic rings. The van der Waals surface area contributed by atoms with Crippen LogP contribution in [0.5, 0.6) is 5.75 Å². The van der Waals surface area contributed by atoms with Crippen LogP contribution in [0.3, 0.4) is 0 Å². The summed E-state index contributed by atoms with van der Waals surface area (Å²) in [7, 11) is -0.246. The van der Waals surface area contributed by atoms with Gasteiger partial charge in [0, 0.05) is 10.7 Å². The first-order valence-electron chi connectivity index (χ1n) is 10.4. The Morgan fingerprint density at radius 2 is 1.59 bits per heavy atom. The summed E-state index contributed by atoms with van der Waals surface area (Å²) < 4.78 is 12.2. The fourth-order valence-electron chi connectivity index (χ4n) is 3.06. The molecule has 160 valence electrons. The van der Waals surface area contributed by atoms with E-state index in [1.165, 1.54) is 5.56 Å². The van der Waals surface area contributed by atoms with E-state index in [0.717, 1.165) is 29.3 Å². The van der Waals surface area contributed by atoms with Gasteiger partial charge in [0.15, 0.2) is 8.32 Å². The fourth-order valence-corrected chi connectivity index (χ4v) is 4.55. The van der Waals surface area contributed by atoms with Gasteiger partial charge in [-0.25, -0.2) is 0 Å². The van der Waals surface area contributed by atoms with Crippen molar-refractivity contribution in [3.63, 3.8) is 0 Å². The van der Waals surface area contributed by atoms with E-state index in [1.54, 1.807) is 7.11 Å². The van der Waals surface area contributed by atoms with Crippen LogP contribution in [-0.2, 0) is 4.43 Å². The Morgan fingerprint density at radius 1 is 1.00 bits per heavy atom. The summed E-state index contributed by atoms with van der Waals surface area (Å²) >= 11 is 6.16. The van der Waals surface area contributed by atoms with E-state index in [9.17, 15) is 0 Å². The lowest BCUT2D eigenvalue weighted by molar-refractivity contribution is 0.149. The Labute approximate surface area is 182 Å². The summed E-state index contributed by atoms with van der Waals surface area (Å²) in [5.41, 5.74) is 2.23. The van der Waals surface area contributed by atoms with Gasteiger partial charge in [0.05, 0.1) is 19.3 Å². The molecule has 0 amide bonds. The lowest BCUT2D eigenvalue weighted by atomic mass is 9.98. The van der Waals surface area contributed by atoms with Crippen LogP contribution in [0.1, 0.15) is 52.1 Å². The molecule has 1 N–H and O–H groups in total. The van der Waals surface area contributed by atoms with Crippen molar-refractivity contribution in [3.05, 3.63) is 59.1 Å². The highest BCUT2D eigenvalue weighted by molar-refractivity contribution is 6.74. The summed E-state index contributed by atoms with van der Waals surface area (Å²) in [6.07, 6.45) is 2.13. The minimum atomic E-state index is -1.93. The van der Waals surface area contributed by atoms with Crippen LogP contribution in [-0.4, -0.2) is 21.5 Å². The van der Waals surface area contributed by atoms with Gasteiger partial charge < -0.3 is 14.5 Å². The number of hydrogen-bond acceptors (Lipinski definition) is 3. The first-order chi connectivity index (χ1) is 13.6. The molecule has 2 aromatic rings. The molecule has 0 saturated carbocycles. The van der Waals surface area contributed by atoms with Crippen LogP contribution in [0.4, 0.5) is 5.69 Å². The highest BCUT2D eigenvalue weighted by atomic mass is 35.5. The number of rotatable bonds is 9. The minimum absolute atomic E-state index is 0.0368. The van der Waals surface area contributed by atoms with Gasteiger partial charge in [0.1, 0.15) is 5.75 Å². The van der Waals surface area contributed by atoms with E-state index in [-0.39, 0.29) is 17.2 Å². The average molecular weight is 434 g/mol. The maximum Gasteiger partial charge on any atom is 0.192 e. The third-order valence-electron chi connectivity index (χ3n) is 5.84. The van der Waals surface area contributed by atoms with Crippen molar-refractivity contribution in [3.8, 4) is 5.75 Å². The zero-order valence-electron chi connectivity index (χ0n) is 18.9. The molecule has 2 rings (SSSR count). The van der Waals surface area contributed by atoms with E-state index in [4.69, 9.17) is 20.8 Å². The molecule has 3 nitrogen and oxygen atoms in total. The molecule has 0 aromatic heterocycles. The zero-order chi connectivity index (χ0) is 21.7. The molecule has 0 aliphatic carbocycles. The van der Waals surface area contributed by atoms with Crippen molar-refractivity contribution in [2.75, 3.05) is 12.4 Å². The van der Waals surface area contributed by atoms with E-state index in [0.29, 0.717) is 0 Å². The second-order valence-corrected chi connectivity index (χ2v) is 14.3. The lowest BCUT2D eigenvalue weighted by Crippen LogP contribution is -2.46. The predicted molar refractivity (Wildman–Crippen MR) is 128 cm³/mol. The Hall–Kier alpha value is -1.49. The number of nitrogens with one attached hydrogen (secondary N) is 1. The standard InChI is InChI=1S/C24H36ClNO2Si/c1-8-9-22(28-29(6,7)24(2,3)4)23(18-10-12-19(25)13-11-18)26-20-14-16-21(27-5)17-15-20/h10-17,22-23,26H,8-9H2,1-7H3. The quantitative estimate of drug-likeness (QED) is 0.411. The molecule has 0 radical (unpaired) electrons. The summed E-state index contributed by atoms with van der Waals surface area (Å²) in [6.45, 7) is 13.7. The number of methoxy groups -OCH3 is 1. The molecule has 0 heterocycles. The van der Waals surface area contributed by atoms with Crippen LogP contribution in [0.25, 0.3) is 0 Å². The Kier molecular flexibility index (Phi) is 8.21. The van der Waals surface area contributed by atoms with E-state index in [1.807, 2.05) is 24.3 Å². The van der Waals surface area contributed by atoms with Crippen LogP contribution in [0, 0.1) is 0 Å². The van der Waals surface area contributed by atoms with Gasteiger partial charge in [-0.3, -0.25) is 0 Å². The SMILES string of the molecule is CCCC(O[Si](C)(C)C(C)(C)C)C(Nc1ccc(OC)cc1)c1ccc(Cl)cc1. The summed E-state index contributed by atoms with van der Waals surface area (Å²) in [4.78, 5) is 0. The van der Waals surface area contributed by atoms with Gasteiger partial charge in [-0.15, -0.1) is 0 Å². The fraction of sp³-hybridized carbons (Fsp3) is 0.500. The molecule has 29 heavy (non-hydrogen) atoms. The van der Waals surface area contributed by atoms with Gasteiger partial charge >= 0.3 is 0 Å². The van der Waals surface area contributed by atoms with Crippen molar-refractivity contribution < 1.29 is 9.16 Å². The molecule has 0 saturated heterocycles. The van der Waals surface area contributed by atoms with Crippen LogP contribution >= 0.6 is 11.6 Å². The molecule has 0 fully saturated rings. The zero-order valence-corrected chi connectivity index (χ0v) is 20.6. The van der Waals surface area contributed by atoms with Crippen molar-refractivity contribution in [2.24, 2.45) is 0 Å². The second-order valence-electron chi connectivity index (χ2n) is 9.11. The lowest BCUT2D eigenvalue weighted by Gasteiger charge is -2.42. The molecule has 2 unspecified atom stereocenters. The van der Waals surface area contributed by atoms with Gasteiger partial charge in [-0.2, -0.15) is 0 Å². The highest BCUT2D eigenvalue weighted by Gasteiger charge is 2.40. The van der Waals surface area contributed by atoms with Crippen LogP contribution in [0.2, 0.25) is 23.2 Å². The number of ether oxygens (including phenoxy) is 1. The molecule has 0 spiro atoms. The first kappa shape index (κ1) is 23.8. The molecule has 0 bridgehead atoms. The predicted octanol–water partition coefficient (Wildman–Crippen LogP) is 7.69. The number of anilines is 1. The molecule has 5 heteroatoms. The Morgan fingerprint density at radius 3 is 2.07 bits per heavy atom. The van der Waals surface area contributed by atoms with E-state index >= 15 is 0 Å². The van der Waals surface area contributed by atoms with Crippen molar-refractivity contribution >= 4 is 25.6 Å². The molecule has 2 aromatic carbocycles. The summed E-state index contributed by atoms with van der Waals surface area (Å²) in [5.74, 6) is 0.848. The third-order valence-corrected chi connectivity index (χ3v) is 10.6. The maximum absolute atomic E-state index is 6.93. The Balaban J connectivity index is 2.39. The number of benzene rings is 2. The van der Waals surface area contributed by atoms with E-state index in [2.05, 4.69) is 70.4 Å².